The molecule has 2 aliphatic rings. The van der Waals surface area contributed by atoms with Gasteiger partial charge in [0.15, 0.2) is 0 Å². The van der Waals surface area contributed by atoms with Crippen LogP contribution in [-0.4, -0.2) is 22.5 Å². The second-order valence-corrected chi connectivity index (χ2v) is 9.86. The fraction of sp³-hybridized carbons (Fsp3) is 1.00. The Morgan fingerprint density at radius 2 is 1.17 bits per heavy atom. The smallest absolute Gasteiger partial charge is 0.321 e. The van der Waals surface area contributed by atoms with Crippen molar-refractivity contribution in [3.05, 3.63) is 0 Å². The third kappa shape index (κ3) is 6.87. The fourth-order valence-electron chi connectivity index (χ4n) is 4.80. The van der Waals surface area contributed by atoms with Gasteiger partial charge in [0.25, 0.3) is 0 Å². The maximum atomic E-state index is 6.22. The summed E-state index contributed by atoms with van der Waals surface area (Å²) in [5.74, 6) is 2.84. The minimum absolute atomic E-state index is 0.904. The molecule has 3 heteroatoms. The Bertz CT molecular complexity index is 259. The zero-order valence-electron chi connectivity index (χ0n) is 15.7. The Morgan fingerprint density at radius 1 is 0.739 bits per heavy atom. The molecule has 0 radical (unpaired) electrons. The van der Waals surface area contributed by atoms with Crippen molar-refractivity contribution in [3.63, 3.8) is 0 Å². The molecule has 2 rings (SSSR count). The molecule has 0 aromatic rings. The van der Waals surface area contributed by atoms with Gasteiger partial charge in [0, 0.05) is 13.2 Å². The van der Waals surface area contributed by atoms with E-state index in [9.17, 15) is 0 Å². The molecule has 2 saturated carbocycles. The molecule has 0 saturated heterocycles. The van der Waals surface area contributed by atoms with Crippen molar-refractivity contribution in [2.45, 2.75) is 96.9 Å². The Labute approximate surface area is 146 Å². The predicted octanol–water partition coefficient (Wildman–Crippen LogP) is 5.84. The van der Waals surface area contributed by atoms with E-state index in [2.05, 4.69) is 13.8 Å². The summed E-state index contributed by atoms with van der Waals surface area (Å²) in [6, 6.07) is 1.29. The third-order valence-corrected chi connectivity index (χ3v) is 8.14. The first-order valence-electron chi connectivity index (χ1n) is 10.6. The summed E-state index contributed by atoms with van der Waals surface area (Å²) < 4.78 is 12.4. The first-order valence-corrected chi connectivity index (χ1v) is 12.3. The molecule has 0 bridgehead atoms. The van der Waals surface area contributed by atoms with Crippen molar-refractivity contribution in [3.8, 4) is 0 Å². The van der Waals surface area contributed by atoms with Crippen LogP contribution in [-0.2, 0) is 8.85 Å². The quantitative estimate of drug-likeness (QED) is 0.465. The Kier molecular flexibility index (Phi) is 9.86. The fourth-order valence-corrected chi connectivity index (χ4v) is 7.38. The molecule has 0 atom stereocenters. The van der Waals surface area contributed by atoms with E-state index in [4.69, 9.17) is 8.85 Å². The SMILES string of the molecule is CCCO[SiH](CC(C1CCCCC1)C1CCCCC1)OCCC. The molecular weight excluding hydrogens is 300 g/mol. The van der Waals surface area contributed by atoms with Crippen molar-refractivity contribution in [1.82, 2.24) is 0 Å². The molecule has 23 heavy (non-hydrogen) atoms. The molecule has 0 unspecified atom stereocenters. The van der Waals surface area contributed by atoms with Crippen molar-refractivity contribution in [2.75, 3.05) is 13.2 Å². The Hall–Kier alpha value is 0.137. The molecule has 0 spiro atoms. The maximum absolute atomic E-state index is 6.22. The van der Waals surface area contributed by atoms with E-state index in [0.29, 0.717) is 0 Å². The summed E-state index contributed by atoms with van der Waals surface area (Å²) in [5, 5.41) is 0. The highest BCUT2D eigenvalue weighted by atomic mass is 28.3. The lowest BCUT2D eigenvalue weighted by Crippen LogP contribution is -2.34. The van der Waals surface area contributed by atoms with Crippen LogP contribution in [0.3, 0.4) is 0 Å². The first kappa shape index (κ1) is 19.5. The lowest BCUT2D eigenvalue weighted by atomic mass is 9.70. The summed E-state index contributed by atoms with van der Waals surface area (Å²) in [5.41, 5.74) is 0. The van der Waals surface area contributed by atoms with Gasteiger partial charge in [-0.2, -0.15) is 0 Å². The van der Waals surface area contributed by atoms with Gasteiger partial charge < -0.3 is 8.85 Å². The van der Waals surface area contributed by atoms with Gasteiger partial charge in [-0.3, -0.25) is 0 Å². The molecule has 0 N–H and O–H groups in total. The summed E-state index contributed by atoms with van der Waals surface area (Å²) in [7, 11) is -1.47. The van der Waals surface area contributed by atoms with Gasteiger partial charge >= 0.3 is 9.28 Å². The second-order valence-electron chi connectivity index (χ2n) is 7.87. The van der Waals surface area contributed by atoms with Gasteiger partial charge in [-0.1, -0.05) is 78.1 Å². The molecule has 0 heterocycles. The molecule has 0 aromatic heterocycles. The topological polar surface area (TPSA) is 18.5 Å². The highest BCUT2D eigenvalue weighted by Crippen LogP contribution is 2.42. The largest absolute Gasteiger partial charge is 0.397 e. The lowest BCUT2D eigenvalue weighted by Gasteiger charge is -2.39. The van der Waals surface area contributed by atoms with Gasteiger partial charge in [-0.05, 0) is 36.6 Å². The van der Waals surface area contributed by atoms with Gasteiger partial charge in [-0.15, -0.1) is 0 Å². The lowest BCUT2D eigenvalue weighted by molar-refractivity contribution is 0.134. The van der Waals surface area contributed by atoms with Crippen molar-refractivity contribution in [2.24, 2.45) is 17.8 Å². The third-order valence-electron chi connectivity index (χ3n) is 5.99. The second kappa shape index (κ2) is 11.6. The molecule has 0 amide bonds. The molecule has 136 valence electrons. The highest BCUT2D eigenvalue weighted by molar-refractivity contribution is 6.44. The Balaban J connectivity index is 1.97. The number of hydrogen-bond acceptors (Lipinski definition) is 2. The monoisotopic (exact) mass is 340 g/mol. The van der Waals surface area contributed by atoms with Gasteiger partial charge in [0.2, 0.25) is 0 Å². The van der Waals surface area contributed by atoms with Crippen LogP contribution in [0, 0.1) is 17.8 Å². The average Bonchev–Trinajstić information content (AvgIpc) is 2.62. The van der Waals surface area contributed by atoms with E-state index < -0.39 is 9.28 Å². The van der Waals surface area contributed by atoms with Crippen molar-refractivity contribution < 1.29 is 8.85 Å². The van der Waals surface area contributed by atoms with Crippen LogP contribution in [0.15, 0.2) is 0 Å². The van der Waals surface area contributed by atoms with Crippen LogP contribution >= 0.6 is 0 Å². The standard InChI is InChI=1S/C20H40O2Si/c1-3-15-21-23(22-16-4-2)17-20(18-11-7-5-8-12-18)19-13-9-6-10-14-19/h18-20,23H,3-17H2,1-2H3. The molecule has 2 nitrogen and oxygen atoms in total. The molecule has 0 aromatic carbocycles. The summed E-state index contributed by atoms with van der Waals surface area (Å²) in [6.07, 6.45) is 16.9. The van der Waals surface area contributed by atoms with Crippen LogP contribution in [0.25, 0.3) is 0 Å². The Morgan fingerprint density at radius 3 is 1.57 bits per heavy atom. The van der Waals surface area contributed by atoms with E-state index in [-0.39, 0.29) is 0 Å². The summed E-state index contributed by atoms with van der Waals surface area (Å²) >= 11 is 0. The number of rotatable bonds is 10. The highest BCUT2D eigenvalue weighted by Gasteiger charge is 2.34. The van der Waals surface area contributed by atoms with E-state index in [1.807, 2.05) is 0 Å². The zero-order chi connectivity index (χ0) is 16.3. The normalized spacial score (nSPS) is 21.4. The molecule has 0 aliphatic heterocycles. The van der Waals surface area contributed by atoms with E-state index in [1.165, 1.54) is 70.3 Å². The van der Waals surface area contributed by atoms with E-state index in [1.54, 1.807) is 0 Å². The van der Waals surface area contributed by atoms with Gasteiger partial charge in [0.1, 0.15) is 0 Å². The maximum Gasteiger partial charge on any atom is 0.321 e. The number of hydrogen-bond donors (Lipinski definition) is 0. The van der Waals surface area contributed by atoms with Crippen molar-refractivity contribution >= 4 is 9.28 Å². The predicted molar refractivity (Wildman–Crippen MR) is 101 cm³/mol. The van der Waals surface area contributed by atoms with Crippen molar-refractivity contribution in [1.29, 1.82) is 0 Å². The summed E-state index contributed by atoms with van der Waals surface area (Å²) in [4.78, 5) is 0. The van der Waals surface area contributed by atoms with Crippen LogP contribution in [0.2, 0.25) is 6.04 Å². The summed E-state index contributed by atoms with van der Waals surface area (Å²) in [6.45, 7) is 6.24. The van der Waals surface area contributed by atoms with Crippen LogP contribution in [0.5, 0.6) is 0 Å². The first-order chi connectivity index (χ1) is 11.3. The van der Waals surface area contributed by atoms with Gasteiger partial charge in [0.05, 0.1) is 0 Å². The average molecular weight is 341 g/mol. The minimum atomic E-state index is -1.47. The molecular formula is C20H40O2Si. The zero-order valence-corrected chi connectivity index (χ0v) is 16.9. The van der Waals surface area contributed by atoms with Crippen LogP contribution < -0.4 is 0 Å². The van der Waals surface area contributed by atoms with Crippen LogP contribution in [0.4, 0.5) is 0 Å². The van der Waals surface area contributed by atoms with E-state index >= 15 is 0 Å². The van der Waals surface area contributed by atoms with Crippen LogP contribution in [0.1, 0.15) is 90.9 Å². The molecule has 2 aliphatic carbocycles. The van der Waals surface area contributed by atoms with E-state index in [0.717, 1.165) is 43.8 Å². The minimum Gasteiger partial charge on any atom is -0.397 e. The van der Waals surface area contributed by atoms with Gasteiger partial charge in [-0.25, -0.2) is 0 Å². The molecule has 2 fully saturated rings.